The third-order valence-electron chi connectivity index (χ3n) is 5.00. The number of carbonyl (C=O) groups is 1. The van der Waals surface area contributed by atoms with E-state index in [4.69, 9.17) is 0 Å². The smallest absolute Gasteiger partial charge is 0.253 e. The summed E-state index contributed by atoms with van der Waals surface area (Å²) in [6.45, 7) is 6.22. The highest BCUT2D eigenvalue weighted by molar-refractivity contribution is 7.91. The number of H-pyrrole nitrogens is 1. The summed E-state index contributed by atoms with van der Waals surface area (Å²) in [6.07, 6.45) is 1.26. The molecule has 2 N–H and O–H groups in total. The van der Waals surface area contributed by atoms with Crippen molar-refractivity contribution in [3.63, 3.8) is 0 Å². The summed E-state index contributed by atoms with van der Waals surface area (Å²) in [5.74, 6) is -0.643. The van der Waals surface area contributed by atoms with Gasteiger partial charge in [-0.15, -0.1) is 11.3 Å². The van der Waals surface area contributed by atoms with Gasteiger partial charge >= 0.3 is 0 Å². The molecule has 0 bridgehead atoms. The van der Waals surface area contributed by atoms with Gasteiger partial charge in [-0.25, -0.2) is 8.42 Å². The molecule has 1 aliphatic rings. The predicted octanol–water partition coefficient (Wildman–Crippen LogP) is 2.08. The third-order valence-corrected chi connectivity index (χ3v) is 8.33. The summed E-state index contributed by atoms with van der Waals surface area (Å²) >= 11 is 1.24. The van der Waals surface area contributed by atoms with Crippen LogP contribution in [0.4, 0.5) is 0 Å². The number of aryl methyl sites for hydroxylation is 3. The summed E-state index contributed by atoms with van der Waals surface area (Å²) in [6, 6.07) is 5.26. The molecule has 1 fully saturated rings. The van der Waals surface area contributed by atoms with E-state index in [2.05, 4.69) is 10.3 Å². The second kappa shape index (κ2) is 8.18. The van der Waals surface area contributed by atoms with E-state index < -0.39 is 15.9 Å². The van der Waals surface area contributed by atoms with Gasteiger partial charge in [-0.05, 0) is 57.4 Å². The average Bonchev–Trinajstić information content (AvgIpc) is 3.08. The zero-order valence-electron chi connectivity index (χ0n) is 16.2. The molecule has 2 aromatic rings. The highest BCUT2D eigenvalue weighted by atomic mass is 32.2. The van der Waals surface area contributed by atoms with E-state index in [9.17, 15) is 18.0 Å². The number of pyridine rings is 1. The van der Waals surface area contributed by atoms with Crippen molar-refractivity contribution in [3.05, 3.63) is 50.3 Å². The number of thiophene rings is 1. The van der Waals surface area contributed by atoms with Crippen molar-refractivity contribution in [1.82, 2.24) is 14.6 Å². The molecule has 0 aliphatic carbocycles. The van der Waals surface area contributed by atoms with Gasteiger partial charge in [-0.1, -0.05) is 0 Å². The number of hydrogen-bond donors (Lipinski definition) is 2. The predicted molar refractivity (Wildman–Crippen MR) is 109 cm³/mol. The lowest BCUT2D eigenvalue weighted by molar-refractivity contribution is -0.126. The summed E-state index contributed by atoms with van der Waals surface area (Å²) < 4.78 is 27.4. The van der Waals surface area contributed by atoms with Crippen LogP contribution in [0.25, 0.3) is 0 Å². The number of sulfonamides is 1. The standard InChI is InChI=1S/C19H25N3O4S2/c1-12-9-13(2)21-19(24)16(12)10-20-18(23)15-5-4-8-22(11-15)28(25,26)17-7-6-14(3)27-17/h6-7,9,15H,4-5,8,10-11H2,1-3H3,(H,20,23)(H,21,24)/t15-/m1/s1. The molecule has 2 aromatic heterocycles. The molecule has 0 unspecified atom stereocenters. The highest BCUT2D eigenvalue weighted by Gasteiger charge is 2.34. The molecule has 1 atom stereocenters. The number of hydrogen-bond acceptors (Lipinski definition) is 5. The van der Waals surface area contributed by atoms with Crippen molar-refractivity contribution in [1.29, 1.82) is 0 Å². The molecule has 1 saturated heterocycles. The van der Waals surface area contributed by atoms with Gasteiger partial charge < -0.3 is 10.3 Å². The van der Waals surface area contributed by atoms with Crippen LogP contribution in [0.15, 0.2) is 27.2 Å². The van der Waals surface area contributed by atoms with Gasteiger partial charge in [0, 0.05) is 35.8 Å². The van der Waals surface area contributed by atoms with E-state index >= 15 is 0 Å². The summed E-state index contributed by atoms with van der Waals surface area (Å²) in [4.78, 5) is 28.4. The zero-order chi connectivity index (χ0) is 20.5. The Morgan fingerprint density at radius 1 is 1.32 bits per heavy atom. The fourth-order valence-corrected chi connectivity index (χ4v) is 6.44. The second-order valence-corrected chi connectivity index (χ2v) is 10.7. The lowest BCUT2D eigenvalue weighted by Crippen LogP contribution is -2.45. The molecule has 3 rings (SSSR count). The first-order valence-electron chi connectivity index (χ1n) is 9.22. The minimum atomic E-state index is -3.58. The number of piperidine rings is 1. The van der Waals surface area contributed by atoms with Gasteiger partial charge in [0.25, 0.3) is 15.6 Å². The molecule has 9 heteroatoms. The normalized spacial score (nSPS) is 18.2. The number of aromatic amines is 1. The molecule has 0 aromatic carbocycles. The Bertz CT molecular complexity index is 1040. The Morgan fingerprint density at radius 2 is 2.07 bits per heavy atom. The van der Waals surface area contributed by atoms with E-state index in [1.165, 1.54) is 15.6 Å². The fourth-order valence-electron chi connectivity index (χ4n) is 3.47. The van der Waals surface area contributed by atoms with Crippen LogP contribution in [0.1, 0.15) is 34.5 Å². The average molecular weight is 424 g/mol. The van der Waals surface area contributed by atoms with Crippen LogP contribution < -0.4 is 10.9 Å². The molecule has 7 nitrogen and oxygen atoms in total. The molecule has 1 aliphatic heterocycles. The van der Waals surface area contributed by atoms with Crippen molar-refractivity contribution >= 4 is 27.3 Å². The van der Waals surface area contributed by atoms with E-state index in [0.717, 1.165) is 16.1 Å². The maximum absolute atomic E-state index is 12.8. The van der Waals surface area contributed by atoms with Crippen molar-refractivity contribution in [3.8, 4) is 0 Å². The molecule has 0 radical (unpaired) electrons. The number of aromatic nitrogens is 1. The lowest BCUT2D eigenvalue weighted by atomic mass is 9.98. The van der Waals surface area contributed by atoms with Crippen LogP contribution in [0.5, 0.6) is 0 Å². The maximum atomic E-state index is 12.8. The summed E-state index contributed by atoms with van der Waals surface area (Å²) in [7, 11) is -3.58. The van der Waals surface area contributed by atoms with Gasteiger partial charge in [0.1, 0.15) is 4.21 Å². The number of carbonyl (C=O) groups excluding carboxylic acids is 1. The van der Waals surface area contributed by atoms with Crippen molar-refractivity contribution in [2.45, 2.75) is 44.4 Å². The number of amides is 1. The van der Waals surface area contributed by atoms with Gasteiger partial charge in [-0.2, -0.15) is 4.31 Å². The number of nitrogens with one attached hydrogen (secondary N) is 2. The van der Waals surface area contributed by atoms with Gasteiger partial charge in [0.15, 0.2) is 0 Å². The largest absolute Gasteiger partial charge is 0.352 e. The second-order valence-electron chi connectivity index (χ2n) is 7.23. The van der Waals surface area contributed by atoms with Gasteiger partial charge in [-0.3, -0.25) is 9.59 Å². The first-order valence-corrected chi connectivity index (χ1v) is 11.5. The quantitative estimate of drug-likeness (QED) is 0.769. The van der Waals surface area contributed by atoms with Crippen LogP contribution in [0.3, 0.4) is 0 Å². The van der Waals surface area contributed by atoms with Crippen LogP contribution in [0, 0.1) is 26.7 Å². The molecule has 0 saturated carbocycles. The SMILES string of the molecule is Cc1cc(C)c(CNC(=O)[C@@H]2CCCN(S(=O)(=O)c3ccc(C)s3)C2)c(=O)[nH]1. The Kier molecular flexibility index (Phi) is 6.07. The Labute approximate surface area is 168 Å². The van der Waals surface area contributed by atoms with Crippen molar-refractivity contribution in [2.24, 2.45) is 5.92 Å². The first kappa shape index (κ1) is 20.8. The Morgan fingerprint density at radius 3 is 2.71 bits per heavy atom. The number of rotatable bonds is 5. The first-order chi connectivity index (χ1) is 13.2. The Balaban J connectivity index is 1.67. The van der Waals surface area contributed by atoms with Gasteiger partial charge in [0.2, 0.25) is 5.91 Å². The van der Waals surface area contributed by atoms with Crippen LogP contribution in [-0.2, 0) is 21.4 Å². The molecule has 152 valence electrons. The topological polar surface area (TPSA) is 99.3 Å². The summed E-state index contributed by atoms with van der Waals surface area (Å²) in [5.41, 5.74) is 1.91. The van der Waals surface area contributed by atoms with Crippen molar-refractivity contribution < 1.29 is 13.2 Å². The maximum Gasteiger partial charge on any atom is 0.253 e. The third kappa shape index (κ3) is 4.37. The molecule has 3 heterocycles. The molecular weight excluding hydrogens is 398 g/mol. The molecule has 28 heavy (non-hydrogen) atoms. The highest BCUT2D eigenvalue weighted by Crippen LogP contribution is 2.28. The number of nitrogens with zero attached hydrogens (tertiary/aromatic N) is 1. The minimum Gasteiger partial charge on any atom is -0.352 e. The van der Waals surface area contributed by atoms with E-state index in [1.807, 2.05) is 26.8 Å². The van der Waals surface area contributed by atoms with Crippen LogP contribution >= 0.6 is 11.3 Å². The van der Waals surface area contributed by atoms with Crippen molar-refractivity contribution in [2.75, 3.05) is 13.1 Å². The molecular formula is C19H25N3O4S2. The van der Waals surface area contributed by atoms with E-state index in [0.29, 0.717) is 29.2 Å². The van der Waals surface area contributed by atoms with E-state index in [1.54, 1.807) is 12.1 Å². The van der Waals surface area contributed by atoms with E-state index in [-0.39, 0.29) is 24.6 Å². The molecule has 0 spiro atoms. The molecule has 1 amide bonds. The Hall–Kier alpha value is -1.97. The van der Waals surface area contributed by atoms with Crippen LogP contribution in [-0.4, -0.2) is 36.7 Å². The fraction of sp³-hybridized carbons (Fsp3) is 0.474. The zero-order valence-corrected chi connectivity index (χ0v) is 17.9. The lowest BCUT2D eigenvalue weighted by Gasteiger charge is -2.30. The monoisotopic (exact) mass is 423 g/mol. The summed E-state index contributed by atoms with van der Waals surface area (Å²) in [5, 5.41) is 2.81. The minimum absolute atomic E-state index is 0.133. The van der Waals surface area contributed by atoms with Gasteiger partial charge in [0.05, 0.1) is 5.92 Å². The van der Waals surface area contributed by atoms with Crippen LogP contribution in [0.2, 0.25) is 0 Å².